The number of hydrogen-bond donors (Lipinski definition) is 1. The predicted molar refractivity (Wildman–Crippen MR) is 50.4 cm³/mol. The number of anilines is 1. The maximum atomic E-state index is 10.5. The molecule has 0 saturated heterocycles. The largest absolute Gasteiger partial charge is 0.322 e. The molecule has 0 radical (unpaired) electrons. The molecule has 1 rings (SSSR count). The highest BCUT2D eigenvalue weighted by atomic mass is 79.9. The van der Waals surface area contributed by atoms with E-state index in [0.717, 1.165) is 0 Å². The second kappa shape index (κ2) is 3.53. The summed E-state index contributed by atoms with van der Waals surface area (Å²) in [7, 11) is 0. The van der Waals surface area contributed by atoms with Crippen molar-refractivity contribution in [2.45, 2.75) is 6.92 Å². The standard InChI is InChI=1S/C7H7BrN2O2/c1-5-6(9-8)3-2-4-7(5)10(11)12/h2-4,9H,1H3. The van der Waals surface area contributed by atoms with Crippen LogP contribution in [-0.2, 0) is 0 Å². The van der Waals surface area contributed by atoms with Crippen LogP contribution in [0.15, 0.2) is 18.2 Å². The van der Waals surface area contributed by atoms with Crippen LogP contribution in [0.3, 0.4) is 0 Å². The van der Waals surface area contributed by atoms with E-state index in [1.165, 1.54) is 6.07 Å². The van der Waals surface area contributed by atoms with Gasteiger partial charge in [-0.05, 0) is 13.0 Å². The summed E-state index contributed by atoms with van der Waals surface area (Å²) in [6, 6.07) is 4.87. The minimum absolute atomic E-state index is 0.124. The van der Waals surface area contributed by atoms with Gasteiger partial charge < -0.3 is 4.34 Å². The first kappa shape index (κ1) is 8.99. The number of benzene rings is 1. The minimum atomic E-state index is -0.400. The van der Waals surface area contributed by atoms with Crippen molar-refractivity contribution in [1.29, 1.82) is 0 Å². The molecule has 12 heavy (non-hydrogen) atoms. The molecule has 5 heteroatoms. The van der Waals surface area contributed by atoms with E-state index in [2.05, 4.69) is 20.5 Å². The Bertz CT molecular complexity index is 314. The Morgan fingerprint density at radius 1 is 1.58 bits per heavy atom. The van der Waals surface area contributed by atoms with Gasteiger partial charge in [0.25, 0.3) is 5.69 Å². The molecule has 0 heterocycles. The van der Waals surface area contributed by atoms with Gasteiger partial charge in [0.2, 0.25) is 0 Å². The molecule has 1 aromatic rings. The highest BCUT2D eigenvalue weighted by molar-refractivity contribution is 9.10. The lowest BCUT2D eigenvalue weighted by atomic mass is 10.2. The Morgan fingerprint density at radius 3 is 2.75 bits per heavy atom. The van der Waals surface area contributed by atoms with Crippen molar-refractivity contribution in [2.24, 2.45) is 0 Å². The summed E-state index contributed by atoms with van der Waals surface area (Å²) in [4.78, 5) is 10.1. The average molecular weight is 231 g/mol. The number of nitro benzene ring substituents is 1. The van der Waals surface area contributed by atoms with Crippen LogP contribution < -0.4 is 4.34 Å². The first-order valence-corrected chi connectivity index (χ1v) is 4.06. The van der Waals surface area contributed by atoms with Crippen molar-refractivity contribution in [3.05, 3.63) is 33.9 Å². The first-order valence-electron chi connectivity index (χ1n) is 3.27. The van der Waals surface area contributed by atoms with Crippen molar-refractivity contribution in [2.75, 3.05) is 4.34 Å². The molecule has 0 spiro atoms. The van der Waals surface area contributed by atoms with E-state index in [1.807, 2.05) is 0 Å². The normalized spacial score (nSPS) is 9.50. The molecular formula is C7H7BrN2O2. The summed E-state index contributed by atoms with van der Waals surface area (Å²) < 4.78 is 2.70. The van der Waals surface area contributed by atoms with E-state index < -0.39 is 4.92 Å². The summed E-state index contributed by atoms with van der Waals surface area (Å²) >= 11 is 3.02. The highest BCUT2D eigenvalue weighted by Gasteiger charge is 2.11. The van der Waals surface area contributed by atoms with Gasteiger partial charge in [0.1, 0.15) is 0 Å². The zero-order valence-electron chi connectivity index (χ0n) is 6.37. The summed E-state index contributed by atoms with van der Waals surface area (Å²) in [5.74, 6) is 0. The molecule has 1 aromatic carbocycles. The molecule has 0 amide bonds. The number of nitrogens with zero attached hydrogens (tertiary/aromatic N) is 1. The Labute approximate surface area is 78.1 Å². The quantitative estimate of drug-likeness (QED) is 0.483. The molecule has 0 fully saturated rings. The monoisotopic (exact) mass is 230 g/mol. The van der Waals surface area contributed by atoms with Gasteiger partial charge in [0.05, 0.1) is 16.2 Å². The Kier molecular flexibility index (Phi) is 2.65. The third kappa shape index (κ3) is 1.55. The Morgan fingerprint density at radius 2 is 2.25 bits per heavy atom. The molecule has 0 aliphatic carbocycles. The van der Waals surface area contributed by atoms with Gasteiger partial charge in [-0.1, -0.05) is 6.07 Å². The van der Waals surface area contributed by atoms with Gasteiger partial charge in [-0.2, -0.15) is 0 Å². The smallest absolute Gasteiger partial charge is 0.274 e. The Balaban J connectivity index is 3.23. The van der Waals surface area contributed by atoms with Gasteiger partial charge in [-0.25, -0.2) is 0 Å². The van der Waals surface area contributed by atoms with E-state index in [9.17, 15) is 10.1 Å². The molecule has 64 valence electrons. The molecule has 0 unspecified atom stereocenters. The van der Waals surface area contributed by atoms with Gasteiger partial charge >= 0.3 is 0 Å². The fourth-order valence-corrected chi connectivity index (χ4v) is 1.35. The molecule has 1 N–H and O–H groups in total. The van der Waals surface area contributed by atoms with E-state index in [1.54, 1.807) is 19.1 Å². The van der Waals surface area contributed by atoms with Crippen LogP contribution in [-0.4, -0.2) is 4.92 Å². The topological polar surface area (TPSA) is 55.2 Å². The van der Waals surface area contributed by atoms with Crippen molar-refractivity contribution in [3.63, 3.8) is 0 Å². The minimum Gasteiger partial charge on any atom is -0.322 e. The number of nitrogens with one attached hydrogen (secondary N) is 1. The molecule has 0 atom stereocenters. The lowest BCUT2D eigenvalue weighted by molar-refractivity contribution is -0.385. The van der Waals surface area contributed by atoms with Gasteiger partial charge in [-0.3, -0.25) is 10.1 Å². The van der Waals surface area contributed by atoms with Crippen LogP contribution in [0.4, 0.5) is 11.4 Å². The summed E-state index contributed by atoms with van der Waals surface area (Å²) in [5, 5.41) is 10.5. The molecule has 0 aliphatic rings. The Hall–Kier alpha value is -1.10. The predicted octanol–water partition coefficient (Wildman–Crippen LogP) is 2.63. The maximum Gasteiger partial charge on any atom is 0.274 e. The maximum absolute atomic E-state index is 10.5. The second-order valence-corrected chi connectivity index (χ2v) is 2.70. The summed E-state index contributed by atoms with van der Waals surface area (Å²) in [6.07, 6.45) is 0. The summed E-state index contributed by atoms with van der Waals surface area (Å²) in [5.41, 5.74) is 1.46. The molecule has 0 saturated carbocycles. The number of hydrogen-bond acceptors (Lipinski definition) is 3. The van der Waals surface area contributed by atoms with E-state index in [4.69, 9.17) is 0 Å². The van der Waals surface area contributed by atoms with Gasteiger partial charge in [0, 0.05) is 22.2 Å². The number of rotatable bonds is 2. The number of nitro groups is 1. The van der Waals surface area contributed by atoms with Crippen molar-refractivity contribution < 1.29 is 4.92 Å². The van der Waals surface area contributed by atoms with Crippen LogP contribution in [0.5, 0.6) is 0 Å². The van der Waals surface area contributed by atoms with Crippen LogP contribution >= 0.6 is 16.1 Å². The van der Waals surface area contributed by atoms with E-state index in [0.29, 0.717) is 11.3 Å². The van der Waals surface area contributed by atoms with Crippen molar-refractivity contribution >= 4 is 27.5 Å². The van der Waals surface area contributed by atoms with Crippen LogP contribution in [0.25, 0.3) is 0 Å². The molecule has 4 nitrogen and oxygen atoms in total. The van der Waals surface area contributed by atoms with Crippen LogP contribution in [0.2, 0.25) is 0 Å². The molecule has 0 bridgehead atoms. The van der Waals surface area contributed by atoms with Crippen molar-refractivity contribution in [3.8, 4) is 0 Å². The van der Waals surface area contributed by atoms with E-state index >= 15 is 0 Å². The SMILES string of the molecule is Cc1c(NBr)cccc1[N+](=O)[O-]. The van der Waals surface area contributed by atoms with Crippen molar-refractivity contribution in [1.82, 2.24) is 0 Å². The zero-order valence-corrected chi connectivity index (χ0v) is 7.96. The lowest BCUT2D eigenvalue weighted by Gasteiger charge is -2.02. The zero-order chi connectivity index (χ0) is 9.14. The molecule has 0 aromatic heterocycles. The molecule has 0 aliphatic heterocycles. The van der Waals surface area contributed by atoms with Crippen LogP contribution in [0.1, 0.15) is 5.56 Å². The third-order valence-corrected chi connectivity index (χ3v) is 2.03. The van der Waals surface area contributed by atoms with Gasteiger partial charge in [0.15, 0.2) is 0 Å². The average Bonchev–Trinajstić information content (AvgIpc) is 2.04. The highest BCUT2D eigenvalue weighted by Crippen LogP contribution is 2.25. The third-order valence-electron chi connectivity index (χ3n) is 1.60. The van der Waals surface area contributed by atoms with Gasteiger partial charge in [-0.15, -0.1) is 0 Å². The fourth-order valence-electron chi connectivity index (χ4n) is 0.924. The summed E-state index contributed by atoms with van der Waals surface area (Å²) in [6.45, 7) is 1.70. The number of halogens is 1. The first-order chi connectivity index (χ1) is 5.66. The van der Waals surface area contributed by atoms with E-state index in [-0.39, 0.29) is 5.69 Å². The lowest BCUT2D eigenvalue weighted by Crippen LogP contribution is -1.93. The second-order valence-electron chi connectivity index (χ2n) is 2.30. The molecular weight excluding hydrogens is 224 g/mol. The van der Waals surface area contributed by atoms with Crippen LogP contribution in [0, 0.1) is 17.0 Å². The fraction of sp³-hybridized carbons (Fsp3) is 0.143.